The van der Waals surface area contributed by atoms with Gasteiger partial charge in [-0.3, -0.25) is 0 Å². The third-order valence-electron chi connectivity index (χ3n) is 3.60. The fourth-order valence-corrected chi connectivity index (χ4v) is 3.83. The van der Waals surface area contributed by atoms with Gasteiger partial charge in [0, 0.05) is 6.04 Å². The SMILES string of the molecule is COc1c(N)cc(S(=O)(=O)N[C@@H]2CCCC[C@H]2O)cc1F. The Morgan fingerprint density at radius 1 is 1.38 bits per heavy atom. The second-order valence-electron chi connectivity index (χ2n) is 5.11. The van der Waals surface area contributed by atoms with Crippen molar-refractivity contribution in [1.29, 1.82) is 0 Å². The van der Waals surface area contributed by atoms with Gasteiger partial charge in [0.25, 0.3) is 0 Å². The van der Waals surface area contributed by atoms with Gasteiger partial charge in [-0.2, -0.15) is 0 Å². The third kappa shape index (κ3) is 3.45. The molecule has 0 aromatic heterocycles. The van der Waals surface area contributed by atoms with Crippen LogP contribution in [-0.2, 0) is 10.0 Å². The highest BCUT2D eigenvalue weighted by molar-refractivity contribution is 7.89. The van der Waals surface area contributed by atoms with Crippen LogP contribution < -0.4 is 15.2 Å². The largest absolute Gasteiger partial charge is 0.492 e. The van der Waals surface area contributed by atoms with E-state index in [-0.39, 0.29) is 16.3 Å². The number of nitrogens with two attached hydrogens (primary N) is 1. The maximum atomic E-state index is 13.8. The first kappa shape index (κ1) is 16.0. The van der Waals surface area contributed by atoms with E-state index in [2.05, 4.69) is 4.72 Å². The number of anilines is 1. The quantitative estimate of drug-likeness (QED) is 0.719. The molecule has 0 bridgehead atoms. The number of benzene rings is 1. The van der Waals surface area contributed by atoms with E-state index >= 15 is 0 Å². The first-order valence-electron chi connectivity index (χ1n) is 6.68. The molecular weight excluding hydrogens is 299 g/mol. The number of hydrogen-bond acceptors (Lipinski definition) is 5. The minimum Gasteiger partial charge on any atom is -0.492 e. The number of nitrogen functional groups attached to an aromatic ring is 1. The summed E-state index contributed by atoms with van der Waals surface area (Å²) >= 11 is 0. The summed E-state index contributed by atoms with van der Waals surface area (Å²) in [5, 5.41) is 9.82. The normalized spacial score (nSPS) is 23.0. The molecule has 0 unspecified atom stereocenters. The van der Waals surface area contributed by atoms with E-state index in [1.165, 1.54) is 7.11 Å². The van der Waals surface area contributed by atoms with Crippen LogP contribution in [0.5, 0.6) is 5.75 Å². The van der Waals surface area contributed by atoms with Gasteiger partial charge in [-0.1, -0.05) is 12.8 Å². The average Bonchev–Trinajstić information content (AvgIpc) is 2.41. The van der Waals surface area contributed by atoms with Crippen LogP contribution in [0.15, 0.2) is 17.0 Å². The van der Waals surface area contributed by atoms with E-state index in [0.29, 0.717) is 12.8 Å². The van der Waals surface area contributed by atoms with Gasteiger partial charge in [-0.25, -0.2) is 17.5 Å². The van der Waals surface area contributed by atoms with Crippen LogP contribution >= 0.6 is 0 Å². The summed E-state index contributed by atoms with van der Waals surface area (Å²) in [6.07, 6.45) is 2.07. The maximum absolute atomic E-state index is 13.8. The van der Waals surface area contributed by atoms with Gasteiger partial charge >= 0.3 is 0 Å². The predicted octanol–water partition coefficient (Wildman–Crippen LogP) is 0.998. The Labute approximate surface area is 123 Å². The molecule has 1 aliphatic carbocycles. The van der Waals surface area contributed by atoms with E-state index in [1.54, 1.807) is 0 Å². The number of halogens is 1. The molecular formula is C13H19FN2O4S. The highest BCUT2D eigenvalue weighted by Gasteiger charge is 2.29. The molecule has 118 valence electrons. The van der Waals surface area contributed by atoms with Crippen molar-refractivity contribution in [3.8, 4) is 5.75 Å². The summed E-state index contributed by atoms with van der Waals surface area (Å²) in [5.74, 6) is -1.03. The molecule has 0 radical (unpaired) electrons. The second kappa shape index (κ2) is 6.17. The van der Waals surface area contributed by atoms with Crippen LogP contribution in [0.4, 0.5) is 10.1 Å². The van der Waals surface area contributed by atoms with Gasteiger partial charge in [0.2, 0.25) is 10.0 Å². The van der Waals surface area contributed by atoms with E-state index < -0.39 is 28.0 Å². The minimum atomic E-state index is -3.95. The highest BCUT2D eigenvalue weighted by Crippen LogP contribution is 2.29. The van der Waals surface area contributed by atoms with Gasteiger partial charge in [-0.15, -0.1) is 0 Å². The first-order chi connectivity index (χ1) is 9.85. The topological polar surface area (TPSA) is 102 Å². The van der Waals surface area contributed by atoms with E-state index in [0.717, 1.165) is 25.0 Å². The van der Waals surface area contributed by atoms with Crippen LogP contribution in [0.1, 0.15) is 25.7 Å². The number of nitrogens with one attached hydrogen (secondary N) is 1. The molecule has 0 aliphatic heterocycles. The second-order valence-corrected chi connectivity index (χ2v) is 6.82. The summed E-state index contributed by atoms with van der Waals surface area (Å²) in [7, 11) is -2.70. The Kier molecular flexibility index (Phi) is 4.70. The number of rotatable bonds is 4. The predicted molar refractivity (Wildman–Crippen MR) is 75.9 cm³/mol. The van der Waals surface area contributed by atoms with Crippen molar-refractivity contribution >= 4 is 15.7 Å². The van der Waals surface area contributed by atoms with Crippen molar-refractivity contribution in [1.82, 2.24) is 4.72 Å². The molecule has 1 fully saturated rings. The van der Waals surface area contributed by atoms with Crippen molar-refractivity contribution in [3.05, 3.63) is 17.9 Å². The molecule has 1 aliphatic rings. The molecule has 2 rings (SSSR count). The number of sulfonamides is 1. The first-order valence-corrected chi connectivity index (χ1v) is 8.17. The Morgan fingerprint density at radius 2 is 2.05 bits per heavy atom. The fraction of sp³-hybridized carbons (Fsp3) is 0.538. The van der Waals surface area contributed by atoms with Crippen LogP contribution in [0, 0.1) is 5.82 Å². The summed E-state index contributed by atoms with van der Waals surface area (Å²) in [4.78, 5) is -0.281. The molecule has 1 saturated carbocycles. The van der Waals surface area contributed by atoms with Crippen molar-refractivity contribution in [2.45, 2.75) is 42.7 Å². The van der Waals surface area contributed by atoms with E-state index in [9.17, 15) is 17.9 Å². The highest BCUT2D eigenvalue weighted by atomic mass is 32.2. The van der Waals surface area contributed by atoms with Crippen molar-refractivity contribution in [2.24, 2.45) is 0 Å². The smallest absolute Gasteiger partial charge is 0.241 e. The lowest BCUT2D eigenvalue weighted by Gasteiger charge is -2.28. The Balaban J connectivity index is 2.27. The molecule has 6 nitrogen and oxygen atoms in total. The Hall–Kier alpha value is -1.38. The summed E-state index contributed by atoms with van der Waals surface area (Å²) in [6.45, 7) is 0. The summed E-state index contributed by atoms with van der Waals surface area (Å²) < 4.78 is 45.4. The number of ether oxygens (including phenoxy) is 1. The van der Waals surface area contributed by atoms with Crippen LogP contribution in [0.3, 0.4) is 0 Å². The molecule has 0 heterocycles. The fourth-order valence-electron chi connectivity index (χ4n) is 2.48. The zero-order chi connectivity index (χ0) is 15.6. The maximum Gasteiger partial charge on any atom is 0.241 e. The van der Waals surface area contributed by atoms with Gasteiger partial charge in [0.05, 0.1) is 23.8 Å². The molecule has 2 atom stereocenters. The van der Waals surface area contributed by atoms with Crippen molar-refractivity contribution in [3.63, 3.8) is 0 Å². The van der Waals surface area contributed by atoms with Crippen molar-refractivity contribution in [2.75, 3.05) is 12.8 Å². The molecule has 0 saturated heterocycles. The molecule has 4 N–H and O–H groups in total. The van der Waals surface area contributed by atoms with E-state index in [4.69, 9.17) is 10.5 Å². The number of aliphatic hydroxyl groups excluding tert-OH is 1. The van der Waals surface area contributed by atoms with Crippen molar-refractivity contribution < 1.29 is 22.7 Å². The number of hydrogen-bond donors (Lipinski definition) is 3. The zero-order valence-electron chi connectivity index (χ0n) is 11.7. The lowest BCUT2D eigenvalue weighted by molar-refractivity contribution is 0.101. The van der Waals surface area contributed by atoms with E-state index in [1.807, 2.05) is 0 Å². The number of aliphatic hydroxyl groups is 1. The molecule has 21 heavy (non-hydrogen) atoms. The molecule has 0 spiro atoms. The van der Waals surface area contributed by atoms with Crippen LogP contribution in [0.2, 0.25) is 0 Å². The Bertz CT molecular complexity index is 598. The van der Waals surface area contributed by atoms with Crippen LogP contribution in [0.25, 0.3) is 0 Å². The molecule has 1 aromatic carbocycles. The lowest BCUT2D eigenvalue weighted by atomic mass is 9.93. The monoisotopic (exact) mass is 318 g/mol. The summed E-state index contributed by atoms with van der Waals surface area (Å²) in [6, 6.07) is 1.43. The van der Waals surface area contributed by atoms with Gasteiger partial charge < -0.3 is 15.6 Å². The molecule has 1 aromatic rings. The standard InChI is InChI=1S/C13H19FN2O4S/c1-20-13-9(14)6-8(7-10(13)15)21(18,19)16-11-4-2-3-5-12(11)17/h6-7,11-12,16-17H,2-5,15H2,1H3/t11-,12-/m1/s1. The average molecular weight is 318 g/mol. The van der Waals surface area contributed by atoms with Crippen LogP contribution in [-0.4, -0.2) is 32.8 Å². The lowest BCUT2D eigenvalue weighted by Crippen LogP contribution is -2.44. The van der Waals surface area contributed by atoms with Gasteiger partial charge in [-0.05, 0) is 25.0 Å². The number of methoxy groups -OCH3 is 1. The van der Waals surface area contributed by atoms with Gasteiger partial charge in [0.15, 0.2) is 11.6 Å². The molecule has 0 amide bonds. The zero-order valence-corrected chi connectivity index (χ0v) is 12.5. The third-order valence-corrected chi connectivity index (χ3v) is 5.07. The van der Waals surface area contributed by atoms with Gasteiger partial charge in [0.1, 0.15) is 0 Å². The minimum absolute atomic E-state index is 0.0953. The Morgan fingerprint density at radius 3 is 2.62 bits per heavy atom. The molecule has 8 heteroatoms. The summed E-state index contributed by atoms with van der Waals surface area (Å²) in [5.41, 5.74) is 5.49.